The zero-order chi connectivity index (χ0) is 15.7. The fourth-order valence-electron chi connectivity index (χ4n) is 2.78. The van der Waals surface area contributed by atoms with Gasteiger partial charge in [-0.05, 0) is 26.0 Å². The summed E-state index contributed by atoms with van der Waals surface area (Å²) in [5, 5.41) is 1.07. The number of H-pyrrole nitrogens is 1. The van der Waals surface area contributed by atoms with Gasteiger partial charge in [-0.1, -0.05) is 42.0 Å². The lowest BCUT2D eigenvalue weighted by Gasteiger charge is -2.11. The molecular weight excluding hydrogens is 308 g/mol. The molecule has 1 heterocycles. The number of rotatable bonds is 3. The Bertz CT molecular complexity index is 825. The first-order valence-corrected chi connectivity index (χ1v) is 7.53. The molecule has 3 nitrogen and oxygen atoms in total. The van der Waals surface area contributed by atoms with Crippen LogP contribution in [0.4, 0.5) is 0 Å². The number of ketones is 1. The predicted octanol–water partition coefficient (Wildman–Crippen LogP) is 4.25. The molecule has 0 fully saturated rings. The number of Topliss-reactive ketones (excluding diaryl/α,β-unsaturated/α-hetero) is 1. The van der Waals surface area contributed by atoms with Crippen LogP contribution in [0.3, 0.4) is 0 Å². The number of halogens is 1. The van der Waals surface area contributed by atoms with E-state index in [4.69, 9.17) is 5.73 Å². The van der Waals surface area contributed by atoms with Crippen LogP contribution in [0.15, 0.2) is 48.1 Å². The summed E-state index contributed by atoms with van der Waals surface area (Å²) < 4.78 is 0. The van der Waals surface area contributed by atoms with E-state index in [0.717, 1.165) is 33.3 Å². The van der Waals surface area contributed by atoms with Gasteiger partial charge in [0.15, 0.2) is 5.78 Å². The Balaban J connectivity index is 0.00000192. The average molecular weight is 329 g/mol. The lowest BCUT2D eigenvalue weighted by atomic mass is 9.93. The second kappa shape index (κ2) is 6.99. The molecule has 3 N–H and O–H groups in total. The van der Waals surface area contributed by atoms with Crippen molar-refractivity contribution in [3.05, 3.63) is 59.3 Å². The quantitative estimate of drug-likeness (QED) is 0.884. The van der Waals surface area contributed by atoms with E-state index in [1.807, 2.05) is 56.3 Å². The number of fused-ring (bicyclic) bond motifs is 3. The minimum absolute atomic E-state index is 0. The molecule has 0 amide bonds. The van der Waals surface area contributed by atoms with Crippen LogP contribution in [0.1, 0.15) is 31.5 Å². The van der Waals surface area contributed by atoms with Crippen molar-refractivity contribution in [2.75, 3.05) is 0 Å². The molecule has 1 aromatic carbocycles. The summed E-state index contributed by atoms with van der Waals surface area (Å²) in [6.45, 7) is 3.88. The number of allylic oxidation sites excluding steroid dienone is 5. The molecule has 4 heteroatoms. The third kappa shape index (κ3) is 3.46. The van der Waals surface area contributed by atoms with Crippen LogP contribution >= 0.6 is 12.4 Å². The van der Waals surface area contributed by atoms with Crippen molar-refractivity contribution >= 4 is 40.7 Å². The van der Waals surface area contributed by atoms with Gasteiger partial charge >= 0.3 is 0 Å². The SMILES string of the molecule is CC1=CC=C(C(=O)CC(C)N)c2c([nH]c3ccccc23)C=C1.Cl. The van der Waals surface area contributed by atoms with Gasteiger partial charge in [0.1, 0.15) is 0 Å². The average Bonchev–Trinajstić information content (AvgIpc) is 2.81. The summed E-state index contributed by atoms with van der Waals surface area (Å²) in [5.74, 6) is 0.0837. The molecule has 1 aromatic heterocycles. The number of carbonyl (C=O) groups excluding carboxylic acids is 1. The van der Waals surface area contributed by atoms with Gasteiger partial charge in [-0.3, -0.25) is 4.79 Å². The summed E-state index contributed by atoms with van der Waals surface area (Å²) in [6.07, 6.45) is 8.34. The molecule has 0 saturated heterocycles. The smallest absolute Gasteiger partial charge is 0.165 e. The van der Waals surface area contributed by atoms with E-state index >= 15 is 0 Å². The number of benzene rings is 1. The second-order valence-corrected chi connectivity index (χ2v) is 5.89. The van der Waals surface area contributed by atoms with Crippen LogP contribution in [0, 0.1) is 0 Å². The van der Waals surface area contributed by atoms with Gasteiger partial charge in [0.05, 0.1) is 0 Å². The van der Waals surface area contributed by atoms with Crippen LogP contribution < -0.4 is 5.73 Å². The van der Waals surface area contributed by atoms with Crippen molar-refractivity contribution < 1.29 is 4.79 Å². The molecule has 2 aromatic rings. The highest BCUT2D eigenvalue weighted by Crippen LogP contribution is 2.32. The Morgan fingerprint density at radius 1 is 1.22 bits per heavy atom. The molecule has 0 aliphatic heterocycles. The minimum atomic E-state index is -0.145. The summed E-state index contributed by atoms with van der Waals surface area (Å²) in [5.41, 5.74) is 10.6. The Morgan fingerprint density at radius 3 is 2.70 bits per heavy atom. The number of hydrogen-bond donors (Lipinski definition) is 2. The van der Waals surface area contributed by atoms with Gasteiger partial charge in [0.25, 0.3) is 0 Å². The van der Waals surface area contributed by atoms with E-state index < -0.39 is 0 Å². The highest BCUT2D eigenvalue weighted by Gasteiger charge is 2.20. The number of nitrogens with one attached hydrogen (secondary N) is 1. The van der Waals surface area contributed by atoms with Gasteiger partial charge in [-0.2, -0.15) is 0 Å². The molecule has 1 atom stereocenters. The monoisotopic (exact) mass is 328 g/mol. The lowest BCUT2D eigenvalue weighted by Crippen LogP contribution is -2.20. The summed E-state index contributed by atoms with van der Waals surface area (Å²) in [6, 6.07) is 7.92. The highest BCUT2D eigenvalue weighted by atomic mass is 35.5. The van der Waals surface area contributed by atoms with Crippen molar-refractivity contribution in [1.29, 1.82) is 0 Å². The van der Waals surface area contributed by atoms with Crippen LogP contribution in [0.2, 0.25) is 0 Å². The third-order valence-electron chi connectivity index (χ3n) is 3.84. The maximum Gasteiger partial charge on any atom is 0.165 e. The van der Waals surface area contributed by atoms with Crippen LogP contribution in [-0.4, -0.2) is 16.8 Å². The third-order valence-corrected chi connectivity index (χ3v) is 3.84. The van der Waals surface area contributed by atoms with E-state index in [-0.39, 0.29) is 24.2 Å². The fourth-order valence-corrected chi connectivity index (χ4v) is 2.78. The molecule has 0 saturated carbocycles. The molecule has 3 rings (SSSR count). The van der Waals surface area contributed by atoms with Gasteiger partial charge in [0, 0.05) is 40.2 Å². The molecular formula is C19H21ClN2O. The number of nitrogens with two attached hydrogens (primary N) is 1. The molecule has 0 bridgehead atoms. The molecule has 0 spiro atoms. The standard InChI is InChI=1S/C19H20N2O.ClH/c1-12-7-9-15(18(22)11-13(2)20)19-14-5-3-4-6-16(14)21-17(19)10-8-12;/h3-10,13,21H,11,20H2,1-2H3;1H. The van der Waals surface area contributed by atoms with Crippen molar-refractivity contribution in [2.45, 2.75) is 26.3 Å². The lowest BCUT2D eigenvalue weighted by molar-refractivity contribution is -0.113. The second-order valence-electron chi connectivity index (χ2n) is 5.89. The van der Waals surface area contributed by atoms with Crippen LogP contribution in [0.5, 0.6) is 0 Å². The highest BCUT2D eigenvalue weighted by molar-refractivity contribution is 6.25. The van der Waals surface area contributed by atoms with Gasteiger partial charge in [-0.25, -0.2) is 0 Å². The first-order chi connectivity index (χ1) is 10.6. The molecule has 23 heavy (non-hydrogen) atoms. The fraction of sp³-hybridized carbons (Fsp3) is 0.211. The zero-order valence-electron chi connectivity index (χ0n) is 13.3. The maximum atomic E-state index is 12.7. The van der Waals surface area contributed by atoms with Crippen molar-refractivity contribution in [3.63, 3.8) is 0 Å². The Hall–Kier alpha value is -2.10. The van der Waals surface area contributed by atoms with Crippen molar-refractivity contribution in [1.82, 2.24) is 4.98 Å². The molecule has 1 aliphatic rings. The molecule has 1 aliphatic carbocycles. The van der Waals surface area contributed by atoms with Crippen LogP contribution in [0.25, 0.3) is 22.6 Å². The summed E-state index contributed by atoms with van der Waals surface area (Å²) in [7, 11) is 0. The zero-order valence-corrected chi connectivity index (χ0v) is 14.1. The van der Waals surface area contributed by atoms with E-state index in [1.54, 1.807) is 0 Å². The molecule has 0 radical (unpaired) electrons. The summed E-state index contributed by atoms with van der Waals surface area (Å²) >= 11 is 0. The Morgan fingerprint density at radius 2 is 1.96 bits per heavy atom. The normalized spacial score (nSPS) is 14.9. The number of aromatic nitrogens is 1. The van der Waals surface area contributed by atoms with E-state index in [2.05, 4.69) is 11.1 Å². The number of carbonyl (C=O) groups is 1. The first kappa shape index (κ1) is 17.3. The minimum Gasteiger partial charge on any atom is -0.354 e. The van der Waals surface area contributed by atoms with E-state index in [9.17, 15) is 4.79 Å². The Labute approximate surface area is 142 Å². The predicted molar refractivity (Wildman–Crippen MR) is 99.6 cm³/mol. The van der Waals surface area contributed by atoms with E-state index in [0.29, 0.717) is 6.42 Å². The number of para-hydroxylation sites is 1. The summed E-state index contributed by atoms with van der Waals surface area (Å²) in [4.78, 5) is 16.1. The van der Waals surface area contributed by atoms with Gasteiger partial charge in [0.2, 0.25) is 0 Å². The van der Waals surface area contributed by atoms with Crippen molar-refractivity contribution in [3.8, 4) is 0 Å². The maximum absolute atomic E-state index is 12.7. The largest absolute Gasteiger partial charge is 0.354 e. The number of aromatic amines is 1. The van der Waals surface area contributed by atoms with Crippen molar-refractivity contribution in [2.24, 2.45) is 5.73 Å². The van der Waals surface area contributed by atoms with E-state index in [1.165, 1.54) is 0 Å². The topological polar surface area (TPSA) is 58.9 Å². The number of hydrogen-bond acceptors (Lipinski definition) is 2. The molecule has 1 unspecified atom stereocenters. The molecule has 120 valence electrons. The first-order valence-electron chi connectivity index (χ1n) is 7.53. The van der Waals surface area contributed by atoms with Gasteiger partial charge in [-0.15, -0.1) is 12.4 Å². The van der Waals surface area contributed by atoms with Gasteiger partial charge < -0.3 is 10.7 Å². The van der Waals surface area contributed by atoms with Crippen LogP contribution in [-0.2, 0) is 4.79 Å². The Kier molecular flexibility index (Phi) is 5.24.